The lowest BCUT2D eigenvalue weighted by Gasteiger charge is -2.15. The molecule has 0 saturated carbocycles. The van der Waals surface area contributed by atoms with Crippen LogP contribution in [0.2, 0.25) is 5.02 Å². The highest BCUT2D eigenvalue weighted by molar-refractivity contribution is 6.30. The van der Waals surface area contributed by atoms with Gasteiger partial charge >= 0.3 is 0 Å². The molecule has 0 spiro atoms. The minimum Gasteiger partial charge on any atom is -0.484 e. The topological polar surface area (TPSA) is 38.3 Å². The van der Waals surface area contributed by atoms with Crippen molar-refractivity contribution in [3.8, 4) is 5.75 Å². The number of carbonyl (C=O) groups is 1. The van der Waals surface area contributed by atoms with Crippen molar-refractivity contribution in [1.82, 2.24) is 5.32 Å². The summed E-state index contributed by atoms with van der Waals surface area (Å²) in [4.78, 5) is 12.0. The van der Waals surface area contributed by atoms with Crippen molar-refractivity contribution in [3.05, 3.63) is 64.2 Å². The van der Waals surface area contributed by atoms with Gasteiger partial charge in [-0.25, -0.2) is 0 Å². The zero-order valence-corrected chi connectivity index (χ0v) is 13.9. The number of rotatable bonds is 5. The molecule has 0 aromatic heterocycles. The van der Waals surface area contributed by atoms with Crippen molar-refractivity contribution in [1.29, 1.82) is 0 Å². The maximum atomic E-state index is 12.0. The molecule has 0 saturated heterocycles. The Kier molecular flexibility index (Phi) is 4.87. The third-order valence-corrected chi connectivity index (χ3v) is 4.44. The van der Waals surface area contributed by atoms with Crippen molar-refractivity contribution < 1.29 is 9.53 Å². The van der Waals surface area contributed by atoms with E-state index in [0.29, 0.717) is 5.02 Å². The molecule has 23 heavy (non-hydrogen) atoms. The molecule has 1 aliphatic carbocycles. The SMILES string of the molecule is C[C@H](NC(=O)COc1ccc2c(c1)CCC2)c1ccc(Cl)cc1. The number of carbonyl (C=O) groups excluding carboxylic acids is 1. The summed E-state index contributed by atoms with van der Waals surface area (Å²) in [5, 5.41) is 3.62. The fourth-order valence-electron chi connectivity index (χ4n) is 2.90. The van der Waals surface area contributed by atoms with Gasteiger partial charge in [-0.2, -0.15) is 0 Å². The molecular weight excluding hydrogens is 310 g/mol. The van der Waals surface area contributed by atoms with E-state index >= 15 is 0 Å². The molecule has 1 amide bonds. The van der Waals surface area contributed by atoms with Crippen LogP contribution in [0, 0.1) is 0 Å². The van der Waals surface area contributed by atoms with Crippen molar-refractivity contribution in [2.45, 2.75) is 32.2 Å². The molecule has 2 aromatic rings. The number of amides is 1. The Bertz CT molecular complexity index is 697. The molecule has 3 nitrogen and oxygen atoms in total. The van der Waals surface area contributed by atoms with Crippen LogP contribution in [0.3, 0.4) is 0 Å². The first-order valence-electron chi connectivity index (χ1n) is 7.91. The Hall–Kier alpha value is -2.00. The number of fused-ring (bicyclic) bond motifs is 1. The number of ether oxygens (including phenoxy) is 1. The average Bonchev–Trinajstić information content (AvgIpc) is 3.01. The highest BCUT2D eigenvalue weighted by atomic mass is 35.5. The van der Waals surface area contributed by atoms with Crippen LogP contribution in [0.25, 0.3) is 0 Å². The standard InChI is InChI=1S/C19H20ClNO2/c1-13(14-5-8-17(20)9-6-14)21-19(22)12-23-18-10-7-15-3-2-4-16(15)11-18/h5-11,13H,2-4,12H2,1H3,(H,21,22)/t13-/m0/s1. The average molecular weight is 330 g/mol. The number of aryl methyl sites for hydroxylation is 2. The second kappa shape index (κ2) is 7.05. The summed E-state index contributed by atoms with van der Waals surface area (Å²) in [6, 6.07) is 13.5. The van der Waals surface area contributed by atoms with Gasteiger partial charge in [-0.3, -0.25) is 4.79 Å². The first-order chi connectivity index (χ1) is 11.1. The highest BCUT2D eigenvalue weighted by Gasteiger charge is 2.13. The van der Waals surface area contributed by atoms with E-state index in [0.717, 1.165) is 24.2 Å². The number of hydrogen-bond acceptors (Lipinski definition) is 2. The summed E-state index contributed by atoms with van der Waals surface area (Å²) in [5.74, 6) is 0.632. The monoisotopic (exact) mass is 329 g/mol. The highest BCUT2D eigenvalue weighted by Crippen LogP contribution is 2.26. The predicted molar refractivity (Wildman–Crippen MR) is 92.0 cm³/mol. The van der Waals surface area contributed by atoms with Crippen molar-refractivity contribution in [2.24, 2.45) is 0 Å². The molecule has 0 bridgehead atoms. The Labute approximate surface area is 141 Å². The molecular formula is C19H20ClNO2. The van der Waals surface area contributed by atoms with Crippen LogP contribution in [0.5, 0.6) is 5.75 Å². The van der Waals surface area contributed by atoms with Crippen LogP contribution < -0.4 is 10.1 Å². The molecule has 0 radical (unpaired) electrons. The van der Waals surface area contributed by atoms with Crippen molar-refractivity contribution in [2.75, 3.05) is 6.61 Å². The number of hydrogen-bond donors (Lipinski definition) is 1. The van der Waals surface area contributed by atoms with Gasteiger partial charge in [0.05, 0.1) is 6.04 Å². The van der Waals surface area contributed by atoms with E-state index in [-0.39, 0.29) is 18.6 Å². The smallest absolute Gasteiger partial charge is 0.258 e. The molecule has 0 fully saturated rings. The first-order valence-corrected chi connectivity index (χ1v) is 8.29. The first kappa shape index (κ1) is 15.9. The van der Waals surface area contributed by atoms with E-state index in [4.69, 9.17) is 16.3 Å². The van der Waals surface area contributed by atoms with Gasteiger partial charge in [0.2, 0.25) is 0 Å². The van der Waals surface area contributed by atoms with Gasteiger partial charge in [0, 0.05) is 5.02 Å². The Balaban J connectivity index is 1.52. The zero-order valence-electron chi connectivity index (χ0n) is 13.1. The van der Waals surface area contributed by atoms with Gasteiger partial charge in [0.15, 0.2) is 6.61 Å². The van der Waals surface area contributed by atoms with Gasteiger partial charge in [0.25, 0.3) is 5.91 Å². The summed E-state index contributed by atoms with van der Waals surface area (Å²) in [6.07, 6.45) is 3.46. The number of nitrogens with one attached hydrogen (secondary N) is 1. The van der Waals surface area contributed by atoms with E-state index in [1.807, 2.05) is 37.3 Å². The normalized spacial score (nSPS) is 14.2. The van der Waals surface area contributed by atoms with E-state index in [1.165, 1.54) is 17.5 Å². The van der Waals surface area contributed by atoms with Crippen LogP contribution in [0.4, 0.5) is 0 Å². The van der Waals surface area contributed by atoms with Gasteiger partial charge < -0.3 is 10.1 Å². The van der Waals surface area contributed by atoms with E-state index in [2.05, 4.69) is 17.4 Å². The third-order valence-electron chi connectivity index (χ3n) is 4.19. The second-order valence-corrected chi connectivity index (χ2v) is 6.35. The second-order valence-electron chi connectivity index (χ2n) is 5.91. The zero-order chi connectivity index (χ0) is 16.2. The molecule has 0 aliphatic heterocycles. The van der Waals surface area contributed by atoms with E-state index in [9.17, 15) is 4.79 Å². The molecule has 0 unspecified atom stereocenters. The molecule has 1 aliphatic rings. The minimum atomic E-state index is -0.132. The fourth-order valence-corrected chi connectivity index (χ4v) is 3.03. The maximum absolute atomic E-state index is 12.0. The minimum absolute atomic E-state index is 0.0245. The Morgan fingerprint density at radius 1 is 1.17 bits per heavy atom. The lowest BCUT2D eigenvalue weighted by Crippen LogP contribution is -2.31. The van der Waals surface area contributed by atoms with Crippen molar-refractivity contribution >= 4 is 17.5 Å². The van der Waals surface area contributed by atoms with E-state index < -0.39 is 0 Å². The van der Waals surface area contributed by atoms with Crippen molar-refractivity contribution in [3.63, 3.8) is 0 Å². The van der Waals surface area contributed by atoms with Gasteiger partial charge in [-0.15, -0.1) is 0 Å². The van der Waals surface area contributed by atoms with Gasteiger partial charge in [-0.05, 0) is 67.1 Å². The van der Waals surface area contributed by atoms with Gasteiger partial charge in [-0.1, -0.05) is 29.8 Å². The van der Waals surface area contributed by atoms with Crippen LogP contribution in [-0.4, -0.2) is 12.5 Å². The Morgan fingerprint density at radius 2 is 1.91 bits per heavy atom. The lowest BCUT2D eigenvalue weighted by molar-refractivity contribution is -0.123. The molecule has 1 N–H and O–H groups in total. The fraction of sp³-hybridized carbons (Fsp3) is 0.316. The molecule has 4 heteroatoms. The molecule has 1 atom stereocenters. The molecule has 3 rings (SSSR count). The summed E-state index contributed by atoms with van der Waals surface area (Å²) >= 11 is 5.87. The van der Waals surface area contributed by atoms with Crippen LogP contribution in [-0.2, 0) is 17.6 Å². The summed E-state index contributed by atoms with van der Waals surface area (Å²) in [5.41, 5.74) is 3.76. The quantitative estimate of drug-likeness (QED) is 0.897. The maximum Gasteiger partial charge on any atom is 0.258 e. The molecule has 0 heterocycles. The third kappa shape index (κ3) is 4.05. The van der Waals surface area contributed by atoms with Crippen LogP contribution in [0.1, 0.15) is 36.1 Å². The molecule has 120 valence electrons. The van der Waals surface area contributed by atoms with E-state index in [1.54, 1.807) is 0 Å². The largest absolute Gasteiger partial charge is 0.484 e. The predicted octanol–water partition coefficient (Wildman–Crippen LogP) is 4.08. The lowest BCUT2D eigenvalue weighted by atomic mass is 10.1. The summed E-state index contributed by atoms with van der Waals surface area (Å²) in [7, 11) is 0. The number of halogens is 1. The van der Waals surface area contributed by atoms with Crippen LogP contribution >= 0.6 is 11.6 Å². The summed E-state index contributed by atoms with van der Waals surface area (Å²) in [6.45, 7) is 1.97. The number of benzene rings is 2. The van der Waals surface area contributed by atoms with Gasteiger partial charge in [0.1, 0.15) is 5.75 Å². The summed E-state index contributed by atoms with van der Waals surface area (Å²) < 4.78 is 5.62. The van der Waals surface area contributed by atoms with Crippen LogP contribution in [0.15, 0.2) is 42.5 Å². The Morgan fingerprint density at radius 3 is 2.70 bits per heavy atom. The molecule has 2 aromatic carbocycles.